The molecule has 1 heteroatoms. The van der Waals surface area contributed by atoms with Gasteiger partial charge < -0.3 is 5.11 Å². The Balaban J connectivity index is 2.01. The molecular formula is C9H16O. The monoisotopic (exact) mass is 140 g/mol. The number of aliphatic hydroxyl groups is 1. The number of hydrogen-bond acceptors (Lipinski definition) is 1. The van der Waals surface area contributed by atoms with Crippen molar-refractivity contribution >= 4 is 0 Å². The fraction of sp³-hybridized carbons (Fsp3) is 1.00. The summed E-state index contributed by atoms with van der Waals surface area (Å²) in [5.74, 6) is 1.58. The Bertz CT molecular complexity index is 120. The summed E-state index contributed by atoms with van der Waals surface area (Å²) < 4.78 is 0. The number of aliphatic hydroxyl groups excluding tert-OH is 1. The van der Waals surface area contributed by atoms with Gasteiger partial charge >= 0.3 is 0 Å². The van der Waals surface area contributed by atoms with Crippen LogP contribution >= 0.6 is 0 Å². The van der Waals surface area contributed by atoms with Crippen molar-refractivity contribution in [2.24, 2.45) is 11.8 Å². The second kappa shape index (κ2) is 2.54. The van der Waals surface area contributed by atoms with E-state index in [0.29, 0.717) is 5.92 Å². The van der Waals surface area contributed by atoms with Crippen LogP contribution in [0.4, 0.5) is 0 Å². The molecule has 1 nitrogen and oxygen atoms in total. The predicted octanol–water partition coefficient (Wildman–Crippen LogP) is 1.95. The summed E-state index contributed by atoms with van der Waals surface area (Å²) in [6.45, 7) is 0. The van der Waals surface area contributed by atoms with Crippen LogP contribution in [0.5, 0.6) is 0 Å². The highest BCUT2D eigenvalue weighted by Crippen LogP contribution is 2.41. The summed E-state index contributed by atoms with van der Waals surface area (Å²) in [6, 6.07) is 0. The predicted molar refractivity (Wildman–Crippen MR) is 40.7 cm³/mol. The van der Waals surface area contributed by atoms with Crippen molar-refractivity contribution < 1.29 is 5.11 Å². The molecule has 2 fully saturated rings. The Labute approximate surface area is 62.4 Å². The van der Waals surface area contributed by atoms with Crippen LogP contribution in [0, 0.1) is 11.8 Å². The van der Waals surface area contributed by atoms with Crippen molar-refractivity contribution in [1.29, 1.82) is 0 Å². The highest BCUT2D eigenvalue weighted by atomic mass is 16.3. The van der Waals surface area contributed by atoms with Gasteiger partial charge in [-0.05, 0) is 31.1 Å². The highest BCUT2D eigenvalue weighted by molar-refractivity contribution is 4.86. The molecule has 2 aliphatic carbocycles. The molecular weight excluding hydrogens is 124 g/mol. The third-order valence-corrected chi connectivity index (χ3v) is 3.30. The van der Waals surface area contributed by atoms with Gasteiger partial charge in [0.25, 0.3) is 0 Å². The third-order valence-electron chi connectivity index (χ3n) is 3.30. The van der Waals surface area contributed by atoms with Crippen LogP contribution in [0.3, 0.4) is 0 Å². The van der Waals surface area contributed by atoms with Gasteiger partial charge in [0.05, 0.1) is 6.10 Å². The minimum absolute atomic E-state index is 0.0605. The summed E-state index contributed by atoms with van der Waals surface area (Å²) >= 11 is 0. The van der Waals surface area contributed by atoms with E-state index in [0.717, 1.165) is 12.3 Å². The lowest BCUT2D eigenvalue weighted by Gasteiger charge is -2.26. The summed E-state index contributed by atoms with van der Waals surface area (Å²) in [6.07, 6.45) is 7.89. The summed E-state index contributed by atoms with van der Waals surface area (Å²) in [7, 11) is 0. The fourth-order valence-corrected chi connectivity index (χ4v) is 2.70. The second-order valence-corrected chi connectivity index (χ2v) is 3.85. The van der Waals surface area contributed by atoms with Crippen LogP contribution in [-0.2, 0) is 0 Å². The molecule has 2 saturated carbocycles. The summed E-state index contributed by atoms with van der Waals surface area (Å²) in [5, 5.41) is 9.52. The molecule has 0 aromatic carbocycles. The van der Waals surface area contributed by atoms with Gasteiger partial charge in [-0.2, -0.15) is 0 Å². The molecule has 2 rings (SSSR count). The lowest BCUT2D eigenvalue weighted by Crippen LogP contribution is -2.22. The maximum Gasteiger partial charge on any atom is 0.0571 e. The van der Waals surface area contributed by atoms with Crippen molar-refractivity contribution in [1.82, 2.24) is 0 Å². The first-order chi connectivity index (χ1) is 4.88. The van der Waals surface area contributed by atoms with Gasteiger partial charge in [-0.15, -0.1) is 0 Å². The zero-order valence-corrected chi connectivity index (χ0v) is 6.42. The molecule has 58 valence electrons. The zero-order valence-electron chi connectivity index (χ0n) is 6.42. The van der Waals surface area contributed by atoms with E-state index >= 15 is 0 Å². The lowest BCUT2D eigenvalue weighted by atomic mass is 9.81. The average molecular weight is 140 g/mol. The lowest BCUT2D eigenvalue weighted by molar-refractivity contribution is 0.0963. The van der Waals surface area contributed by atoms with E-state index in [1.165, 1.54) is 32.1 Å². The van der Waals surface area contributed by atoms with Crippen molar-refractivity contribution in [2.45, 2.75) is 44.6 Å². The maximum absolute atomic E-state index is 9.52. The highest BCUT2D eigenvalue weighted by Gasteiger charge is 2.35. The average Bonchev–Trinajstić information content (AvgIpc) is 2.34. The molecule has 0 amide bonds. The van der Waals surface area contributed by atoms with Gasteiger partial charge in [-0.25, -0.2) is 0 Å². The molecule has 10 heavy (non-hydrogen) atoms. The molecule has 0 bridgehead atoms. The number of hydrogen-bond donors (Lipinski definition) is 1. The van der Waals surface area contributed by atoms with E-state index < -0.39 is 0 Å². The molecule has 3 atom stereocenters. The smallest absolute Gasteiger partial charge is 0.0571 e. The van der Waals surface area contributed by atoms with Crippen molar-refractivity contribution in [3.63, 3.8) is 0 Å². The molecule has 0 heterocycles. The van der Waals surface area contributed by atoms with Gasteiger partial charge in [0.1, 0.15) is 0 Å². The number of fused-ring (bicyclic) bond motifs is 1. The first-order valence-electron chi connectivity index (χ1n) is 4.56. The minimum atomic E-state index is 0.0605. The van der Waals surface area contributed by atoms with Crippen LogP contribution in [0.2, 0.25) is 0 Å². The summed E-state index contributed by atoms with van der Waals surface area (Å²) in [4.78, 5) is 0. The van der Waals surface area contributed by atoms with Crippen molar-refractivity contribution in [3.05, 3.63) is 0 Å². The Morgan fingerprint density at radius 2 is 1.70 bits per heavy atom. The Morgan fingerprint density at radius 3 is 2.50 bits per heavy atom. The van der Waals surface area contributed by atoms with Gasteiger partial charge in [0, 0.05) is 0 Å². The molecule has 0 saturated heterocycles. The largest absolute Gasteiger partial charge is 0.393 e. The molecule has 0 radical (unpaired) electrons. The molecule has 0 unspecified atom stereocenters. The Hall–Kier alpha value is -0.0400. The van der Waals surface area contributed by atoms with Crippen LogP contribution in [-0.4, -0.2) is 11.2 Å². The van der Waals surface area contributed by atoms with E-state index in [-0.39, 0.29) is 6.10 Å². The van der Waals surface area contributed by atoms with Gasteiger partial charge in [0.2, 0.25) is 0 Å². The minimum Gasteiger partial charge on any atom is -0.393 e. The Kier molecular flexibility index (Phi) is 1.69. The fourth-order valence-electron chi connectivity index (χ4n) is 2.70. The van der Waals surface area contributed by atoms with E-state index in [9.17, 15) is 5.11 Å². The Morgan fingerprint density at radius 1 is 0.900 bits per heavy atom. The van der Waals surface area contributed by atoms with Crippen molar-refractivity contribution in [3.8, 4) is 0 Å². The quantitative estimate of drug-likeness (QED) is 0.545. The second-order valence-electron chi connectivity index (χ2n) is 3.85. The normalized spacial score (nSPS) is 47.1. The molecule has 0 aromatic heterocycles. The van der Waals surface area contributed by atoms with Gasteiger partial charge in [-0.3, -0.25) is 0 Å². The van der Waals surface area contributed by atoms with Crippen LogP contribution in [0.25, 0.3) is 0 Å². The van der Waals surface area contributed by atoms with E-state index in [4.69, 9.17) is 0 Å². The maximum atomic E-state index is 9.52. The van der Waals surface area contributed by atoms with Crippen LogP contribution in [0.15, 0.2) is 0 Å². The molecule has 0 spiro atoms. The SMILES string of the molecule is O[C@H]1CC[C@@H]2CCCC[C@@H]21. The third kappa shape index (κ3) is 0.968. The standard InChI is InChI=1S/C9H16O/c10-9-6-5-7-3-1-2-4-8(7)9/h7-10H,1-6H2/t7-,8-,9-/m0/s1. The van der Waals surface area contributed by atoms with E-state index in [1.807, 2.05) is 0 Å². The van der Waals surface area contributed by atoms with E-state index in [2.05, 4.69) is 0 Å². The van der Waals surface area contributed by atoms with Gasteiger partial charge in [-0.1, -0.05) is 19.3 Å². The van der Waals surface area contributed by atoms with Gasteiger partial charge in [0.15, 0.2) is 0 Å². The number of rotatable bonds is 0. The molecule has 1 N–H and O–H groups in total. The van der Waals surface area contributed by atoms with Crippen molar-refractivity contribution in [2.75, 3.05) is 0 Å². The first kappa shape index (κ1) is 6.66. The first-order valence-corrected chi connectivity index (χ1v) is 4.56. The molecule has 0 aromatic rings. The van der Waals surface area contributed by atoms with Crippen LogP contribution in [0.1, 0.15) is 38.5 Å². The molecule has 2 aliphatic rings. The van der Waals surface area contributed by atoms with Crippen LogP contribution < -0.4 is 0 Å². The van der Waals surface area contributed by atoms with E-state index in [1.54, 1.807) is 0 Å². The zero-order chi connectivity index (χ0) is 6.97. The topological polar surface area (TPSA) is 20.2 Å². The molecule has 0 aliphatic heterocycles. The summed E-state index contributed by atoms with van der Waals surface area (Å²) in [5.41, 5.74) is 0.